The summed E-state index contributed by atoms with van der Waals surface area (Å²) < 4.78 is 5.42. The van der Waals surface area contributed by atoms with Gasteiger partial charge >= 0.3 is 5.97 Å². The fraction of sp³-hybridized carbons (Fsp3) is 0.478. The number of nitrogens with zero attached hydrogens (tertiary/aromatic N) is 3. The highest BCUT2D eigenvalue weighted by atomic mass is 16.5. The molecule has 158 valence electrons. The number of anilines is 2. The van der Waals surface area contributed by atoms with Crippen molar-refractivity contribution in [1.29, 1.82) is 0 Å². The third-order valence-electron chi connectivity index (χ3n) is 6.28. The van der Waals surface area contributed by atoms with Crippen molar-refractivity contribution in [3.8, 4) is 0 Å². The molecule has 30 heavy (non-hydrogen) atoms. The Kier molecular flexibility index (Phi) is 5.97. The third-order valence-corrected chi connectivity index (χ3v) is 6.28. The molecule has 1 aromatic heterocycles. The standard InChI is InChI=1S/C23H28N4O3/c1-15-8-9-18(12-16(15)2)26-21(28)14-30-22(29)20-13-17-6-3-4-7-19(17)27(20)23-24-10-5-11-25-23/h5,8-12,17,19-20H,3-4,6-7,13-14H2,1-2H3,(H,26,28)/t17-,19+,20+/m1/s1. The van der Waals surface area contributed by atoms with Crippen LogP contribution in [0.4, 0.5) is 11.6 Å². The maximum absolute atomic E-state index is 12.9. The maximum atomic E-state index is 12.9. The van der Waals surface area contributed by atoms with Crippen molar-refractivity contribution in [2.45, 2.75) is 58.0 Å². The molecule has 2 fully saturated rings. The summed E-state index contributed by atoms with van der Waals surface area (Å²) in [5, 5.41) is 2.79. The molecule has 1 aromatic carbocycles. The lowest BCUT2D eigenvalue weighted by molar-refractivity contribution is -0.148. The van der Waals surface area contributed by atoms with Crippen LogP contribution in [0.25, 0.3) is 0 Å². The first-order chi connectivity index (χ1) is 14.5. The van der Waals surface area contributed by atoms with Crippen LogP contribution in [0.15, 0.2) is 36.7 Å². The average molecular weight is 409 g/mol. The normalized spacial score (nSPS) is 23.0. The van der Waals surface area contributed by atoms with Gasteiger partial charge in [-0.2, -0.15) is 0 Å². The van der Waals surface area contributed by atoms with Crippen LogP contribution in [-0.4, -0.2) is 40.5 Å². The molecule has 1 aliphatic heterocycles. The van der Waals surface area contributed by atoms with E-state index in [1.807, 2.05) is 36.9 Å². The molecule has 1 aliphatic carbocycles. The molecule has 2 aliphatic rings. The minimum absolute atomic E-state index is 0.253. The fourth-order valence-electron chi connectivity index (χ4n) is 4.63. The van der Waals surface area contributed by atoms with Crippen molar-refractivity contribution in [3.05, 3.63) is 47.8 Å². The van der Waals surface area contributed by atoms with Gasteiger partial charge in [0, 0.05) is 24.1 Å². The molecule has 3 atom stereocenters. The zero-order valence-corrected chi connectivity index (χ0v) is 17.5. The van der Waals surface area contributed by atoms with Gasteiger partial charge in [0.25, 0.3) is 5.91 Å². The first kappa shape index (κ1) is 20.3. The highest BCUT2D eigenvalue weighted by Gasteiger charge is 2.47. The number of esters is 1. The summed E-state index contributed by atoms with van der Waals surface area (Å²) in [6.07, 6.45) is 8.57. The van der Waals surface area contributed by atoms with E-state index in [0.29, 0.717) is 17.6 Å². The molecule has 0 bridgehead atoms. The Bertz CT molecular complexity index is 918. The maximum Gasteiger partial charge on any atom is 0.329 e. The van der Waals surface area contributed by atoms with Crippen molar-refractivity contribution < 1.29 is 14.3 Å². The Hall–Kier alpha value is -2.96. The molecule has 1 amide bonds. The van der Waals surface area contributed by atoms with Crippen LogP contribution < -0.4 is 10.2 Å². The van der Waals surface area contributed by atoms with Crippen LogP contribution in [0.2, 0.25) is 0 Å². The quantitative estimate of drug-likeness (QED) is 0.763. The van der Waals surface area contributed by atoms with Gasteiger partial charge in [0.15, 0.2) is 6.61 Å². The van der Waals surface area contributed by atoms with E-state index in [0.717, 1.165) is 36.8 Å². The monoisotopic (exact) mass is 408 g/mol. The lowest BCUT2D eigenvalue weighted by Crippen LogP contribution is -2.44. The van der Waals surface area contributed by atoms with Crippen LogP contribution in [0.3, 0.4) is 0 Å². The number of carbonyl (C=O) groups is 2. The number of fused-ring (bicyclic) bond motifs is 1. The average Bonchev–Trinajstić information content (AvgIpc) is 3.15. The van der Waals surface area contributed by atoms with Crippen LogP contribution in [0, 0.1) is 19.8 Å². The van der Waals surface area contributed by atoms with Gasteiger partial charge in [-0.25, -0.2) is 14.8 Å². The summed E-state index contributed by atoms with van der Waals surface area (Å²) in [6, 6.07) is 7.28. The van der Waals surface area contributed by atoms with Gasteiger partial charge in [0.05, 0.1) is 0 Å². The number of benzene rings is 1. The summed E-state index contributed by atoms with van der Waals surface area (Å²) in [4.78, 5) is 36.0. The molecule has 1 saturated heterocycles. The zero-order chi connectivity index (χ0) is 21.1. The third kappa shape index (κ3) is 4.30. The lowest BCUT2D eigenvalue weighted by atomic mass is 9.85. The molecule has 7 heteroatoms. The molecule has 0 spiro atoms. The second kappa shape index (κ2) is 8.81. The minimum Gasteiger partial charge on any atom is -0.454 e. The van der Waals surface area contributed by atoms with Crippen molar-refractivity contribution in [1.82, 2.24) is 9.97 Å². The predicted molar refractivity (Wildman–Crippen MR) is 114 cm³/mol. The molecule has 1 saturated carbocycles. The van der Waals surface area contributed by atoms with Gasteiger partial charge in [-0.05, 0) is 68.4 Å². The van der Waals surface area contributed by atoms with Crippen molar-refractivity contribution in [2.24, 2.45) is 5.92 Å². The number of nitrogens with one attached hydrogen (secondary N) is 1. The van der Waals surface area contributed by atoms with E-state index in [1.54, 1.807) is 18.5 Å². The van der Waals surface area contributed by atoms with E-state index in [4.69, 9.17) is 4.74 Å². The highest BCUT2D eigenvalue weighted by Crippen LogP contribution is 2.41. The summed E-state index contributed by atoms with van der Waals surface area (Å²) in [7, 11) is 0. The van der Waals surface area contributed by atoms with E-state index in [2.05, 4.69) is 15.3 Å². The van der Waals surface area contributed by atoms with Crippen LogP contribution >= 0.6 is 0 Å². The van der Waals surface area contributed by atoms with Crippen molar-refractivity contribution >= 4 is 23.5 Å². The smallest absolute Gasteiger partial charge is 0.329 e. The molecule has 4 rings (SSSR count). The van der Waals surface area contributed by atoms with E-state index in [-0.39, 0.29) is 24.5 Å². The molecule has 2 heterocycles. The molecule has 0 radical (unpaired) electrons. The van der Waals surface area contributed by atoms with E-state index >= 15 is 0 Å². The Morgan fingerprint density at radius 2 is 1.90 bits per heavy atom. The number of ether oxygens (including phenoxy) is 1. The SMILES string of the molecule is Cc1ccc(NC(=O)COC(=O)[C@@H]2C[C@H]3CCCC[C@@H]3N2c2ncccn2)cc1C. The summed E-state index contributed by atoms with van der Waals surface area (Å²) in [6.45, 7) is 3.70. The molecular formula is C23H28N4O3. The Labute approximate surface area is 176 Å². The molecule has 1 N–H and O–H groups in total. The Balaban J connectivity index is 1.41. The zero-order valence-electron chi connectivity index (χ0n) is 17.5. The number of aryl methyl sites for hydroxylation is 2. The lowest BCUT2D eigenvalue weighted by Gasteiger charge is -2.33. The van der Waals surface area contributed by atoms with Crippen LogP contribution in [0.1, 0.15) is 43.2 Å². The van der Waals surface area contributed by atoms with Gasteiger partial charge in [0.2, 0.25) is 5.95 Å². The number of amides is 1. The van der Waals surface area contributed by atoms with Gasteiger partial charge < -0.3 is 15.0 Å². The Morgan fingerprint density at radius 1 is 1.13 bits per heavy atom. The fourth-order valence-corrected chi connectivity index (χ4v) is 4.63. The van der Waals surface area contributed by atoms with Gasteiger partial charge in [-0.1, -0.05) is 18.9 Å². The second-order valence-electron chi connectivity index (χ2n) is 8.27. The van der Waals surface area contributed by atoms with Gasteiger partial charge in [-0.3, -0.25) is 4.79 Å². The number of aromatic nitrogens is 2. The summed E-state index contributed by atoms with van der Waals surface area (Å²) in [5.74, 6) is 0.273. The molecule has 0 unspecified atom stereocenters. The van der Waals surface area contributed by atoms with Crippen molar-refractivity contribution in [3.63, 3.8) is 0 Å². The first-order valence-electron chi connectivity index (χ1n) is 10.6. The predicted octanol–water partition coefficient (Wildman–Crippen LogP) is 3.41. The largest absolute Gasteiger partial charge is 0.454 e. The second-order valence-corrected chi connectivity index (χ2v) is 8.27. The molecule has 7 nitrogen and oxygen atoms in total. The Morgan fingerprint density at radius 3 is 2.67 bits per heavy atom. The molecule has 2 aromatic rings. The van der Waals surface area contributed by atoms with Crippen molar-refractivity contribution in [2.75, 3.05) is 16.8 Å². The summed E-state index contributed by atoms with van der Waals surface area (Å²) >= 11 is 0. The van der Waals surface area contributed by atoms with Gasteiger partial charge in [-0.15, -0.1) is 0 Å². The number of rotatable bonds is 5. The highest BCUT2D eigenvalue weighted by molar-refractivity contribution is 5.93. The number of carbonyl (C=O) groups excluding carboxylic acids is 2. The first-order valence-corrected chi connectivity index (χ1v) is 10.6. The van der Waals surface area contributed by atoms with E-state index in [1.165, 1.54) is 6.42 Å². The van der Waals surface area contributed by atoms with E-state index in [9.17, 15) is 9.59 Å². The summed E-state index contributed by atoms with van der Waals surface area (Å²) in [5.41, 5.74) is 2.95. The molecular weight excluding hydrogens is 380 g/mol. The van der Waals surface area contributed by atoms with Crippen LogP contribution in [0.5, 0.6) is 0 Å². The number of hydrogen-bond donors (Lipinski definition) is 1. The van der Waals surface area contributed by atoms with Crippen LogP contribution in [-0.2, 0) is 14.3 Å². The minimum atomic E-state index is -0.449. The van der Waals surface area contributed by atoms with Gasteiger partial charge in [0.1, 0.15) is 6.04 Å². The topological polar surface area (TPSA) is 84.4 Å². The van der Waals surface area contributed by atoms with E-state index < -0.39 is 6.04 Å². The number of hydrogen-bond acceptors (Lipinski definition) is 6.